The fourth-order valence-electron chi connectivity index (χ4n) is 2.34. The summed E-state index contributed by atoms with van der Waals surface area (Å²) in [7, 11) is 1.90. The number of nitrogens with one attached hydrogen (secondary N) is 1. The number of carbonyl (C=O) groups excluding carboxylic acids is 1. The molecule has 0 aliphatic carbocycles. The van der Waals surface area contributed by atoms with Crippen LogP contribution in [0.2, 0.25) is 0 Å². The minimum Gasteiger partial charge on any atom is -0.494 e. The van der Waals surface area contributed by atoms with E-state index in [1.165, 1.54) is 0 Å². The van der Waals surface area contributed by atoms with E-state index in [9.17, 15) is 4.79 Å². The SMILES string of the molecule is CCOc1ccc(CC(=O)N(C)C2CCNC2)cc1. The lowest BCUT2D eigenvalue weighted by Crippen LogP contribution is -2.39. The van der Waals surface area contributed by atoms with Gasteiger partial charge in [-0.25, -0.2) is 0 Å². The lowest BCUT2D eigenvalue weighted by molar-refractivity contribution is -0.130. The largest absolute Gasteiger partial charge is 0.494 e. The smallest absolute Gasteiger partial charge is 0.227 e. The van der Waals surface area contributed by atoms with Gasteiger partial charge in [0.2, 0.25) is 5.91 Å². The third-order valence-electron chi connectivity index (χ3n) is 3.57. The Bertz CT molecular complexity index is 411. The Balaban J connectivity index is 1.90. The van der Waals surface area contributed by atoms with Gasteiger partial charge in [0.1, 0.15) is 5.75 Å². The standard InChI is InChI=1S/C15H22N2O2/c1-3-19-14-6-4-12(5-7-14)10-15(18)17(2)13-8-9-16-11-13/h4-7,13,16H,3,8-11H2,1-2H3. The molecule has 0 bridgehead atoms. The summed E-state index contributed by atoms with van der Waals surface area (Å²) < 4.78 is 5.39. The summed E-state index contributed by atoms with van der Waals surface area (Å²) in [6.07, 6.45) is 1.50. The molecule has 1 aromatic rings. The number of hydrogen-bond donors (Lipinski definition) is 1. The van der Waals surface area contributed by atoms with Crippen LogP contribution in [0.5, 0.6) is 5.75 Å². The van der Waals surface area contributed by atoms with Gasteiger partial charge in [-0.1, -0.05) is 12.1 Å². The highest BCUT2D eigenvalue weighted by Crippen LogP contribution is 2.14. The maximum Gasteiger partial charge on any atom is 0.227 e. The van der Waals surface area contributed by atoms with Crippen LogP contribution in [0.25, 0.3) is 0 Å². The zero-order chi connectivity index (χ0) is 13.7. The Morgan fingerprint density at radius 3 is 2.74 bits per heavy atom. The average Bonchev–Trinajstić information content (AvgIpc) is 2.94. The monoisotopic (exact) mass is 262 g/mol. The van der Waals surface area contributed by atoms with Crippen molar-refractivity contribution in [1.29, 1.82) is 0 Å². The van der Waals surface area contributed by atoms with E-state index in [2.05, 4.69) is 5.32 Å². The first kappa shape index (κ1) is 13.9. The number of carbonyl (C=O) groups is 1. The van der Waals surface area contributed by atoms with E-state index in [-0.39, 0.29) is 5.91 Å². The van der Waals surface area contributed by atoms with Crippen molar-refractivity contribution in [2.75, 3.05) is 26.7 Å². The van der Waals surface area contributed by atoms with Crippen molar-refractivity contribution in [1.82, 2.24) is 10.2 Å². The van der Waals surface area contributed by atoms with E-state index in [1.807, 2.05) is 43.1 Å². The maximum atomic E-state index is 12.2. The molecule has 0 spiro atoms. The molecule has 1 aliphatic rings. The Morgan fingerprint density at radius 1 is 1.42 bits per heavy atom. The second-order valence-electron chi connectivity index (χ2n) is 4.91. The van der Waals surface area contributed by atoms with Gasteiger partial charge in [-0.3, -0.25) is 4.79 Å². The Hall–Kier alpha value is -1.55. The average molecular weight is 262 g/mol. The van der Waals surface area contributed by atoms with Crippen molar-refractivity contribution in [3.05, 3.63) is 29.8 Å². The van der Waals surface area contributed by atoms with Gasteiger partial charge in [0.25, 0.3) is 0 Å². The second-order valence-corrected chi connectivity index (χ2v) is 4.91. The molecular weight excluding hydrogens is 240 g/mol. The van der Waals surface area contributed by atoms with Crippen LogP contribution in [0.15, 0.2) is 24.3 Å². The molecule has 0 saturated carbocycles. The zero-order valence-corrected chi connectivity index (χ0v) is 11.7. The first-order valence-electron chi connectivity index (χ1n) is 6.89. The van der Waals surface area contributed by atoms with Gasteiger partial charge in [-0.2, -0.15) is 0 Å². The highest BCUT2D eigenvalue weighted by atomic mass is 16.5. The minimum atomic E-state index is 0.179. The molecule has 0 aromatic heterocycles. The minimum absolute atomic E-state index is 0.179. The summed E-state index contributed by atoms with van der Waals surface area (Å²) >= 11 is 0. The molecule has 0 radical (unpaired) electrons. The highest BCUT2D eigenvalue weighted by molar-refractivity contribution is 5.78. The van der Waals surface area contributed by atoms with Crippen LogP contribution in [0.1, 0.15) is 18.9 Å². The lowest BCUT2D eigenvalue weighted by Gasteiger charge is -2.23. The first-order valence-corrected chi connectivity index (χ1v) is 6.89. The van der Waals surface area contributed by atoms with Crippen LogP contribution in [-0.2, 0) is 11.2 Å². The number of rotatable bonds is 5. The molecule has 1 atom stereocenters. The van der Waals surface area contributed by atoms with Crippen LogP contribution in [0, 0.1) is 0 Å². The van der Waals surface area contributed by atoms with Crippen molar-refractivity contribution < 1.29 is 9.53 Å². The molecule has 1 N–H and O–H groups in total. The zero-order valence-electron chi connectivity index (χ0n) is 11.7. The van der Waals surface area contributed by atoms with Crippen molar-refractivity contribution in [2.24, 2.45) is 0 Å². The molecule has 104 valence electrons. The van der Waals surface area contributed by atoms with Gasteiger partial charge in [0.15, 0.2) is 0 Å². The second kappa shape index (κ2) is 6.57. The molecule has 1 aliphatic heterocycles. The maximum absolute atomic E-state index is 12.2. The van der Waals surface area contributed by atoms with E-state index in [0.717, 1.165) is 30.8 Å². The number of ether oxygens (including phenoxy) is 1. The number of benzene rings is 1. The van der Waals surface area contributed by atoms with E-state index in [4.69, 9.17) is 4.74 Å². The van der Waals surface area contributed by atoms with Crippen LogP contribution in [0.3, 0.4) is 0 Å². The Kier molecular flexibility index (Phi) is 4.80. The van der Waals surface area contributed by atoms with Crippen LogP contribution in [-0.4, -0.2) is 43.6 Å². The van der Waals surface area contributed by atoms with Gasteiger partial charge >= 0.3 is 0 Å². The predicted molar refractivity (Wildman–Crippen MR) is 75.4 cm³/mol. The predicted octanol–water partition coefficient (Wildman–Crippen LogP) is 1.45. The summed E-state index contributed by atoms with van der Waals surface area (Å²) in [5.41, 5.74) is 1.03. The fourth-order valence-corrected chi connectivity index (χ4v) is 2.34. The first-order chi connectivity index (χ1) is 9.20. The molecule has 2 rings (SSSR count). The third-order valence-corrected chi connectivity index (χ3v) is 3.57. The quantitative estimate of drug-likeness (QED) is 0.873. The molecule has 1 unspecified atom stereocenters. The van der Waals surface area contributed by atoms with Gasteiger partial charge in [-0.15, -0.1) is 0 Å². The van der Waals surface area contributed by atoms with Gasteiger partial charge in [0.05, 0.1) is 13.0 Å². The Morgan fingerprint density at radius 2 is 2.16 bits per heavy atom. The molecule has 19 heavy (non-hydrogen) atoms. The van der Waals surface area contributed by atoms with E-state index < -0.39 is 0 Å². The fraction of sp³-hybridized carbons (Fsp3) is 0.533. The number of amides is 1. The van der Waals surface area contributed by atoms with Gasteiger partial charge in [0, 0.05) is 19.6 Å². The molecule has 1 amide bonds. The number of likely N-dealkylation sites (N-methyl/N-ethyl adjacent to an activating group) is 1. The van der Waals surface area contributed by atoms with Gasteiger partial charge in [-0.05, 0) is 37.6 Å². The summed E-state index contributed by atoms with van der Waals surface area (Å²) in [5, 5.41) is 3.28. The molecular formula is C15H22N2O2. The summed E-state index contributed by atoms with van der Waals surface area (Å²) in [6, 6.07) is 8.11. The van der Waals surface area contributed by atoms with Crippen LogP contribution in [0.4, 0.5) is 0 Å². The summed E-state index contributed by atoms with van der Waals surface area (Å²) in [4.78, 5) is 14.0. The number of hydrogen-bond acceptors (Lipinski definition) is 3. The molecule has 1 saturated heterocycles. The van der Waals surface area contributed by atoms with Crippen LogP contribution < -0.4 is 10.1 Å². The van der Waals surface area contributed by atoms with E-state index >= 15 is 0 Å². The molecule has 1 heterocycles. The molecule has 4 nitrogen and oxygen atoms in total. The molecule has 1 fully saturated rings. The highest BCUT2D eigenvalue weighted by Gasteiger charge is 2.22. The molecule has 4 heteroatoms. The topological polar surface area (TPSA) is 41.6 Å². The third kappa shape index (κ3) is 3.70. The van der Waals surface area contributed by atoms with Crippen LogP contribution >= 0.6 is 0 Å². The summed E-state index contributed by atoms with van der Waals surface area (Å²) in [6.45, 7) is 4.54. The Labute approximate surface area is 114 Å². The van der Waals surface area contributed by atoms with Gasteiger partial charge < -0.3 is 15.0 Å². The molecule has 1 aromatic carbocycles. The van der Waals surface area contributed by atoms with Crippen molar-refractivity contribution in [3.63, 3.8) is 0 Å². The van der Waals surface area contributed by atoms with E-state index in [1.54, 1.807) is 0 Å². The summed E-state index contributed by atoms with van der Waals surface area (Å²) in [5.74, 6) is 1.03. The van der Waals surface area contributed by atoms with Crippen molar-refractivity contribution in [3.8, 4) is 5.75 Å². The number of nitrogens with zero attached hydrogens (tertiary/aromatic N) is 1. The van der Waals surface area contributed by atoms with Crippen molar-refractivity contribution in [2.45, 2.75) is 25.8 Å². The lowest BCUT2D eigenvalue weighted by atomic mass is 10.1. The van der Waals surface area contributed by atoms with E-state index in [0.29, 0.717) is 19.1 Å². The van der Waals surface area contributed by atoms with Crippen molar-refractivity contribution >= 4 is 5.91 Å². The normalized spacial score (nSPS) is 18.3.